The summed E-state index contributed by atoms with van der Waals surface area (Å²) in [6, 6.07) is 0. The van der Waals surface area contributed by atoms with Crippen LogP contribution >= 0.6 is 0 Å². The molecule has 0 saturated carbocycles. The van der Waals surface area contributed by atoms with Gasteiger partial charge < -0.3 is 10.6 Å². The lowest BCUT2D eigenvalue weighted by Crippen LogP contribution is -2.33. The first kappa shape index (κ1) is 8.25. The number of nitrogen functional groups attached to an aromatic ring is 1. The number of rotatable bonds is 0. The first-order valence-corrected chi connectivity index (χ1v) is 4.23. The van der Waals surface area contributed by atoms with E-state index in [4.69, 9.17) is 5.73 Å². The third-order valence-corrected chi connectivity index (χ3v) is 2.28. The van der Waals surface area contributed by atoms with Gasteiger partial charge in [0.1, 0.15) is 0 Å². The van der Waals surface area contributed by atoms with Crippen molar-refractivity contribution in [3.8, 4) is 0 Å². The van der Waals surface area contributed by atoms with Crippen LogP contribution in [0.3, 0.4) is 0 Å². The molecule has 0 spiro atoms. The second kappa shape index (κ2) is 2.85. The fourth-order valence-corrected chi connectivity index (χ4v) is 1.58. The van der Waals surface area contributed by atoms with Crippen LogP contribution in [0.1, 0.15) is 11.3 Å². The summed E-state index contributed by atoms with van der Waals surface area (Å²) in [5.74, 6) is 0.216. The SMILES string of the molecule is CN1CCc2nc(N)[nH]c(=O)c2C1. The number of aromatic amines is 1. The molecule has 0 amide bonds. The van der Waals surface area contributed by atoms with Gasteiger partial charge >= 0.3 is 0 Å². The van der Waals surface area contributed by atoms with Gasteiger partial charge in [-0.2, -0.15) is 0 Å². The van der Waals surface area contributed by atoms with Gasteiger partial charge in [0, 0.05) is 19.5 Å². The highest BCUT2D eigenvalue weighted by atomic mass is 16.1. The molecular weight excluding hydrogens is 168 g/mol. The van der Waals surface area contributed by atoms with Gasteiger partial charge in [0.2, 0.25) is 5.95 Å². The maximum absolute atomic E-state index is 11.4. The molecule has 1 aromatic heterocycles. The molecule has 0 aromatic carbocycles. The van der Waals surface area contributed by atoms with Gasteiger partial charge in [-0.15, -0.1) is 0 Å². The number of H-pyrrole nitrogens is 1. The number of likely N-dealkylation sites (N-methyl/N-ethyl adjacent to an activating group) is 1. The predicted octanol–water partition coefficient (Wildman–Crippen LogP) is -0.660. The van der Waals surface area contributed by atoms with Crippen LogP contribution in [-0.4, -0.2) is 28.5 Å². The standard InChI is InChI=1S/C8H12N4O/c1-12-3-2-6-5(4-12)7(13)11-8(9)10-6/h2-4H2,1H3,(H3,9,10,11,13). The Balaban J connectivity index is 2.53. The van der Waals surface area contributed by atoms with Crippen molar-refractivity contribution in [3.05, 3.63) is 21.6 Å². The summed E-state index contributed by atoms with van der Waals surface area (Å²) < 4.78 is 0. The molecule has 3 N–H and O–H groups in total. The van der Waals surface area contributed by atoms with E-state index in [1.54, 1.807) is 0 Å². The Labute approximate surface area is 75.6 Å². The summed E-state index contributed by atoms with van der Waals surface area (Å²) in [6.45, 7) is 1.60. The lowest BCUT2D eigenvalue weighted by atomic mass is 10.1. The average molecular weight is 180 g/mol. The normalized spacial score (nSPS) is 17.0. The zero-order valence-electron chi connectivity index (χ0n) is 7.50. The highest BCUT2D eigenvalue weighted by molar-refractivity contribution is 5.26. The minimum Gasteiger partial charge on any atom is -0.369 e. The third kappa shape index (κ3) is 1.42. The quantitative estimate of drug-likeness (QED) is 0.556. The molecule has 70 valence electrons. The van der Waals surface area contributed by atoms with Crippen molar-refractivity contribution >= 4 is 5.95 Å². The molecule has 1 aliphatic rings. The number of hydrogen-bond donors (Lipinski definition) is 2. The van der Waals surface area contributed by atoms with Crippen molar-refractivity contribution < 1.29 is 0 Å². The Bertz CT molecular complexity index is 384. The van der Waals surface area contributed by atoms with E-state index >= 15 is 0 Å². The Kier molecular flexibility index (Phi) is 1.81. The Hall–Kier alpha value is -1.36. The molecule has 13 heavy (non-hydrogen) atoms. The molecule has 0 atom stereocenters. The summed E-state index contributed by atoms with van der Waals surface area (Å²) >= 11 is 0. The van der Waals surface area contributed by atoms with Gasteiger partial charge in [-0.3, -0.25) is 9.78 Å². The largest absolute Gasteiger partial charge is 0.369 e. The second-order valence-electron chi connectivity index (χ2n) is 3.36. The molecule has 5 heteroatoms. The number of nitrogens with zero attached hydrogens (tertiary/aromatic N) is 2. The maximum atomic E-state index is 11.4. The van der Waals surface area contributed by atoms with E-state index < -0.39 is 0 Å². The van der Waals surface area contributed by atoms with Crippen LogP contribution in [0.25, 0.3) is 0 Å². The van der Waals surface area contributed by atoms with Gasteiger partial charge in [0.05, 0.1) is 11.3 Å². The van der Waals surface area contributed by atoms with E-state index in [0.29, 0.717) is 6.54 Å². The van der Waals surface area contributed by atoms with Gasteiger partial charge in [0.25, 0.3) is 5.56 Å². The van der Waals surface area contributed by atoms with E-state index in [2.05, 4.69) is 14.9 Å². The number of fused-ring (bicyclic) bond motifs is 1. The fraction of sp³-hybridized carbons (Fsp3) is 0.500. The molecule has 0 aliphatic carbocycles. The minimum atomic E-state index is -0.103. The third-order valence-electron chi connectivity index (χ3n) is 2.28. The molecule has 2 heterocycles. The Morgan fingerprint density at radius 3 is 3.15 bits per heavy atom. The smallest absolute Gasteiger partial charge is 0.257 e. The molecule has 1 aromatic rings. The highest BCUT2D eigenvalue weighted by Crippen LogP contribution is 2.11. The summed E-state index contributed by atoms with van der Waals surface area (Å²) in [7, 11) is 1.98. The monoisotopic (exact) mass is 180 g/mol. The van der Waals surface area contributed by atoms with Crippen LogP contribution < -0.4 is 11.3 Å². The molecule has 1 aliphatic heterocycles. The molecular formula is C8H12N4O. The lowest BCUT2D eigenvalue weighted by molar-refractivity contribution is 0.308. The number of nitrogens with two attached hydrogens (primary N) is 1. The Morgan fingerprint density at radius 2 is 2.38 bits per heavy atom. The highest BCUT2D eigenvalue weighted by Gasteiger charge is 2.17. The van der Waals surface area contributed by atoms with Crippen molar-refractivity contribution in [2.45, 2.75) is 13.0 Å². The van der Waals surface area contributed by atoms with E-state index in [-0.39, 0.29) is 11.5 Å². The predicted molar refractivity (Wildman–Crippen MR) is 49.3 cm³/mol. The zero-order valence-corrected chi connectivity index (χ0v) is 7.50. The number of nitrogens with one attached hydrogen (secondary N) is 1. The molecule has 0 bridgehead atoms. The van der Waals surface area contributed by atoms with E-state index in [0.717, 1.165) is 24.2 Å². The van der Waals surface area contributed by atoms with Crippen molar-refractivity contribution in [1.82, 2.24) is 14.9 Å². The number of aromatic nitrogens is 2. The summed E-state index contributed by atoms with van der Waals surface area (Å²) in [5.41, 5.74) is 6.93. The first-order valence-electron chi connectivity index (χ1n) is 4.23. The zero-order chi connectivity index (χ0) is 9.42. The first-order chi connectivity index (χ1) is 6.16. The van der Waals surface area contributed by atoms with Gasteiger partial charge in [-0.25, -0.2) is 4.98 Å². The average Bonchev–Trinajstić information content (AvgIpc) is 2.06. The summed E-state index contributed by atoms with van der Waals surface area (Å²) in [4.78, 5) is 20.1. The molecule has 0 fully saturated rings. The van der Waals surface area contributed by atoms with Crippen molar-refractivity contribution in [2.75, 3.05) is 19.3 Å². The van der Waals surface area contributed by atoms with Crippen molar-refractivity contribution in [3.63, 3.8) is 0 Å². The number of hydrogen-bond acceptors (Lipinski definition) is 4. The minimum absolute atomic E-state index is 0.103. The summed E-state index contributed by atoms with van der Waals surface area (Å²) in [6.07, 6.45) is 0.806. The molecule has 0 unspecified atom stereocenters. The van der Waals surface area contributed by atoms with E-state index in [1.807, 2.05) is 7.05 Å². The van der Waals surface area contributed by atoms with E-state index in [9.17, 15) is 4.79 Å². The fourth-order valence-electron chi connectivity index (χ4n) is 1.58. The molecule has 2 rings (SSSR count). The lowest BCUT2D eigenvalue weighted by Gasteiger charge is -2.22. The van der Waals surface area contributed by atoms with Crippen LogP contribution in [0.4, 0.5) is 5.95 Å². The van der Waals surface area contributed by atoms with Gasteiger partial charge in [-0.1, -0.05) is 0 Å². The Morgan fingerprint density at radius 1 is 1.62 bits per heavy atom. The van der Waals surface area contributed by atoms with Gasteiger partial charge in [-0.05, 0) is 7.05 Å². The number of anilines is 1. The molecule has 0 saturated heterocycles. The van der Waals surface area contributed by atoms with E-state index in [1.165, 1.54) is 0 Å². The van der Waals surface area contributed by atoms with Crippen LogP contribution in [0.2, 0.25) is 0 Å². The topological polar surface area (TPSA) is 75.0 Å². The van der Waals surface area contributed by atoms with Crippen LogP contribution in [0.5, 0.6) is 0 Å². The summed E-state index contributed by atoms with van der Waals surface area (Å²) in [5, 5.41) is 0. The maximum Gasteiger partial charge on any atom is 0.257 e. The second-order valence-corrected chi connectivity index (χ2v) is 3.36. The van der Waals surface area contributed by atoms with Crippen LogP contribution in [0, 0.1) is 0 Å². The van der Waals surface area contributed by atoms with Crippen molar-refractivity contribution in [2.24, 2.45) is 0 Å². The van der Waals surface area contributed by atoms with Crippen LogP contribution in [0.15, 0.2) is 4.79 Å². The molecule has 5 nitrogen and oxygen atoms in total. The molecule has 0 radical (unpaired) electrons. The van der Waals surface area contributed by atoms with Crippen LogP contribution in [-0.2, 0) is 13.0 Å². The van der Waals surface area contributed by atoms with Crippen molar-refractivity contribution in [1.29, 1.82) is 0 Å². The van der Waals surface area contributed by atoms with Gasteiger partial charge in [0.15, 0.2) is 0 Å².